The first-order chi connectivity index (χ1) is 16.9. The SMILES string of the molecule is c1ccc2c(c1)Oc1cccc3c1B2c1cccc2c4cc5c(cc4n-3c12)sc1ccccc15. The molecule has 0 N–H and O–H groups in total. The number of nitrogens with zero attached hydrogens (tertiary/aromatic N) is 1. The van der Waals surface area contributed by atoms with Gasteiger partial charge in [-0.2, -0.15) is 0 Å². The maximum Gasteiger partial charge on any atom is 0.256 e. The van der Waals surface area contributed by atoms with E-state index in [-0.39, 0.29) is 6.71 Å². The zero-order chi connectivity index (χ0) is 22.0. The lowest BCUT2D eigenvalue weighted by molar-refractivity contribution is 0.487. The normalized spacial score (nSPS) is 13.5. The molecule has 156 valence electrons. The maximum absolute atomic E-state index is 6.42. The molecule has 9 rings (SSSR count). The van der Waals surface area contributed by atoms with Gasteiger partial charge in [0.2, 0.25) is 0 Å². The van der Waals surface area contributed by atoms with Crippen molar-refractivity contribution in [3.63, 3.8) is 0 Å². The minimum Gasteiger partial charge on any atom is -0.458 e. The summed E-state index contributed by atoms with van der Waals surface area (Å²) in [6, 6.07) is 35.4. The number of para-hydroxylation sites is 2. The monoisotopic (exact) mass is 449 g/mol. The molecule has 0 saturated heterocycles. The molecule has 7 aromatic rings. The molecule has 5 aromatic carbocycles. The number of hydrogen-bond acceptors (Lipinski definition) is 2. The molecule has 2 aromatic heterocycles. The van der Waals surface area contributed by atoms with Crippen molar-refractivity contribution in [1.29, 1.82) is 0 Å². The van der Waals surface area contributed by atoms with Gasteiger partial charge in [-0.1, -0.05) is 60.7 Å². The van der Waals surface area contributed by atoms with Crippen LogP contribution in [-0.2, 0) is 0 Å². The van der Waals surface area contributed by atoms with Crippen LogP contribution in [0.5, 0.6) is 11.5 Å². The van der Waals surface area contributed by atoms with Crippen molar-refractivity contribution in [3.05, 3.63) is 97.1 Å². The fourth-order valence-electron chi connectivity index (χ4n) is 6.31. The third-order valence-corrected chi connectivity index (χ3v) is 8.78. The van der Waals surface area contributed by atoms with Crippen molar-refractivity contribution < 1.29 is 4.74 Å². The van der Waals surface area contributed by atoms with Crippen molar-refractivity contribution in [2.75, 3.05) is 0 Å². The molecule has 0 atom stereocenters. The highest BCUT2D eigenvalue weighted by atomic mass is 32.1. The molecular weight excluding hydrogens is 433 g/mol. The van der Waals surface area contributed by atoms with Gasteiger partial charge >= 0.3 is 0 Å². The minimum absolute atomic E-state index is 0.179. The van der Waals surface area contributed by atoms with Gasteiger partial charge in [0.15, 0.2) is 0 Å². The van der Waals surface area contributed by atoms with Crippen LogP contribution in [-0.4, -0.2) is 11.3 Å². The van der Waals surface area contributed by atoms with Crippen molar-refractivity contribution in [2.45, 2.75) is 0 Å². The number of rotatable bonds is 0. The molecular formula is C30H16BNOS. The molecule has 2 nitrogen and oxygen atoms in total. The van der Waals surface area contributed by atoms with E-state index in [2.05, 4.69) is 102 Å². The lowest BCUT2D eigenvalue weighted by Gasteiger charge is -2.33. The summed E-state index contributed by atoms with van der Waals surface area (Å²) in [4.78, 5) is 0. The zero-order valence-electron chi connectivity index (χ0n) is 18.1. The van der Waals surface area contributed by atoms with E-state index in [1.165, 1.54) is 64.1 Å². The highest BCUT2D eigenvalue weighted by Crippen LogP contribution is 2.42. The summed E-state index contributed by atoms with van der Waals surface area (Å²) in [5, 5.41) is 5.33. The van der Waals surface area contributed by atoms with Crippen molar-refractivity contribution in [2.24, 2.45) is 0 Å². The highest BCUT2D eigenvalue weighted by Gasteiger charge is 2.39. The molecule has 4 heterocycles. The Morgan fingerprint density at radius 1 is 0.618 bits per heavy atom. The Kier molecular flexibility index (Phi) is 3.03. The van der Waals surface area contributed by atoms with E-state index in [9.17, 15) is 0 Å². The fourth-order valence-corrected chi connectivity index (χ4v) is 7.43. The Morgan fingerprint density at radius 2 is 1.41 bits per heavy atom. The Hall–Kier alpha value is -4.02. The Labute approximate surface area is 199 Å². The van der Waals surface area contributed by atoms with E-state index in [4.69, 9.17) is 4.74 Å². The quantitative estimate of drug-likeness (QED) is 0.256. The number of aromatic nitrogens is 1. The first kappa shape index (κ1) is 17.5. The van der Waals surface area contributed by atoms with Gasteiger partial charge in [0, 0.05) is 42.1 Å². The van der Waals surface area contributed by atoms with Crippen LogP contribution in [0.4, 0.5) is 0 Å². The molecule has 0 spiro atoms. The standard InChI is InChI=1S/C30H16BNOS/c1-4-14-27-17(7-1)20-15-19-18-8-5-10-22-30(18)32(24(19)16-28(20)34-27)23-11-6-13-26-29(23)31(22)21-9-2-3-12-25(21)33-26/h1-16H. The Bertz CT molecular complexity index is 2010. The average molecular weight is 449 g/mol. The summed E-state index contributed by atoms with van der Waals surface area (Å²) in [6.45, 7) is 0.179. The summed E-state index contributed by atoms with van der Waals surface area (Å²) >= 11 is 1.88. The van der Waals surface area contributed by atoms with Gasteiger partial charge in [-0.25, -0.2) is 0 Å². The van der Waals surface area contributed by atoms with Crippen LogP contribution in [0.25, 0.3) is 47.7 Å². The minimum atomic E-state index is 0.179. The number of ether oxygens (including phenoxy) is 1. The molecule has 0 radical (unpaired) electrons. The van der Waals surface area contributed by atoms with Gasteiger partial charge in [-0.15, -0.1) is 11.3 Å². The summed E-state index contributed by atoms with van der Waals surface area (Å²) in [7, 11) is 0. The molecule has 4 heteroatoms. The summed E-state index contributed by atoms with van der Waals surface area (Å²) in [5.74, 6) is 1.93. The smallest absolute Gasteiger partial charge is 0.256 e. The third-order valence-electron chi connectivity index (χ3n) is 7.65. The van der Waals surface area contributed by atoms with Crippen LogP contribution in [0.2, 0.25) is 0 Å². The lowest BCUT2D eigenvalue weighted by atomic mass is 9.34. The second kappa shape index (κ2) is 5.91. The molecule has 0 amide bonds. The van der Waals surface area contributed by atoms with E-state index < -0.39 is 0 Å². The van der Waals surface area contributed by atoms with Crippen LogP contribution < -0.4 is 21.1 Å². The largest absolute Gasteiger partial charge is 0.458 e. The molecule has 0 bridgehead atoms. The van der Waals surface area contributed by atoms with E-state index >= 15 is 0 Å². The second-order valence-electron chi connectivity index (χ2n) is 9.30. The summed E-state index contributed by atoms with van der Waals surface area (Å²) in [6.07, 6.45) is 0. The Morgan fingerprint density at radius 3 is 2.41 bits per heavy atom. The van der Waals surface area contributed by atoms with E-state index in [0.29, 0.717) is 0 Å². The van der Waals surface area contributed by atoms with Crippen LogP contribution in [0, 0.1) is 0 Å². The van der Waals surface area contributed by atoms with Crippen LogP contribution in [0.15, 0.2) is 97.1 Å². The number of hydrogen-bond donors (Lipinski definition) is 0. The van der Waals surface area contributed by atoms with Gasteiger partial charge in [0.05, 0.1) is 5.52 Å². The van der Waals surface area contributed by atoms with E-state index in [0.717, 1.165) is 11.5 Å². The average Bonchev–Trinajstić information content (AvgIpc) is 3.41. The first-order valence-electron chi connectivity index (χ1n) is 11.7. The molecule has 34 heavy (non-hydrogen) atoms. The molecule has 0 aliphatic carbocycles. The predicted molar refractivity (Wildman–Crippen MR) is 145 cm³/mol. The molecule has 0 fully saturated rings. The van der Waals surface area contributed by atoms with E-state index in [1.54, 1.807) is 0 Å². The van der Waals surface area contributed by atoms with E-state index in [1.807, 2.05) is 11.3 Å². The molecule has 2 aliphatic rings. The van der Waals surface area contributed by atoms with Crippen molar-refractivity contribution >= 4 is 76.4 Å². The van der Waals surface area contributed by atoms with Gasteiger partial charge in [-0.3, -0.25) is 0 Å². The Balaban J connectivity index is 1.50. The second-order valence-corrected chi connectivity index (χ2v) is 10.4. The highest BCUT2D eigenvalue weighted by molar-refractivity contribution is 7.25. The zero-order valence-corrected chi connectivity index (χ0v) is 18.9. The summed E-state index contributed by atoms with van der Waals surface area (Å²) < 4.78 is 11.6. The number of thiophene rings is 1. The van der Waals surface area contributed by atoms with Crippen LogP contribution in [0.1, 0.15) is 0 Å². The van der Waals surface area contributed by atoms with Gasteiger partial charge in [-0.05, 0) is 52.8 Å². The van der Waals surface area contributed by atoms with Crippen LogP contribution in [0.3, 0.4) is 0 Å². The summed E-state index contributed by atoms with van der Waals surface area (Å²) in [5.41, 5.74) is 7.71. The van der Waals surface area contributed by atoms with Gasteiger partial charge < -0.3 is 9.30 Å². The number of benzene rings is 5. The van der Waals surface area contributed by atoms with Crippen molar-refractivity contribution in [1.82, 2.24) is 4.57 Å². The van der Waals surface area contributed by atoms with Gasteiger partial charge in [0.1, 0.15) is 11.5 Å². The predicted octanol–water partition coefficient (Wildman–Crippen LogP) is 6.09. The molecule has 2 aliphatic heterocycles. The maximum atomic E-state index is 6.42. The van der Waals surface area contributed by atoms with Crippen molar-refractivity contribution in [3.8, 4) is 17.2 Å². The molecule has 0 saturated carbocycles. The van der Waals surface area contributed by atoms with Crippen LogP contribution >= 0.6 is 11.3 Å². The topological polar surface area (TPSA) is 14.2 Å². The number of fused-ring (bicyclic) bond motifs is 10. The molecule has 0 unspecified atom stereocenters. The third kappa shape index (κ3) is 1.96. The fraction of sp³-hybridized carbons (Fsp3) is 0. The van der Waals surface area contributed by atoms with Gasteiger partial charge in [0.25, 0.3) is 6.71 Å². The first-order valence-corrected chi connectivity index (χ1v) is 12.5. The lowest BCUT2D eigenvalue weighted by Crippen LogP contribution is -2.58.